The zero-order valence-electron chi connectivity index (χ0n) is 12.9. The van der Waals surface area contributed by atoms with Gasteiger partial charge in [0.05, 0.1) is 5.56 Å². The molecular weight excluding hydrogens is 366 g/mol. The van der Waals surface area contributed by atoms with Crippen LogP contribution in [0.25, 0.3) is 12.2 Å². The molecule has 0 saturated heterocycles. The third-order valence-corrected chi connectivity index (χ3v) is 3.54. The van der Waals surface area contributed by atoms with E-state index in [4.69, 9.17) is 16.1 Å². The molecule has 0 fully saturated rings. The van der Waals surface area contributed by atoms with Gasteiger partial charge in [0.25, 0.3) is 5.89 Å². The van der Waals surface area contributed by atoms with Crippen molar-refractivity contribution < 1.29 is 17.7 Å². The zero-order valence-corrected chi connectivity index (χ0v) is 14.5. The van der Waals surface area contributed by atoms with E-state index >= 15 is 0 Å². The second-order valence-corrected chi connectivity index (χ2v) is 5.42. The standard InChI is InChI=1S/C15H15ClF3N3O.ClH/c1-9(20-2)7-13-21-14(23-22-13)6-3-10-8-11(15(17,18)19)4-5-12(10)16;/h3-6,8-9,20H,7H2,1-2H3;1H/b6-3+;. The van der Waals surface area contributed by atoms with Crippen LogP contribution in [-0.4, -0.2) is 23.2 Å². The van der Waals surface area contributed by atoms with Crippen LogP contribution in [0.3, 0.4) is 0 Å². The van der Waals surface area contributed by atoms with Crippen LogP contribution < -0.4 is 5.32 Å². The molecule has 1 aromatic heterocycles. The highest BCUT2D eigenvalue weighted by Crippen LogP contribution is 2.32. The lowest BCUT2D eigenvalue weighted by atomic mass is 10.1. The summed E-state index contributed by atoms with van der Waals surface area (Å²) in [6.45, 7) is 1.97. The van der Waals surface area contributed by atoms with Crippen molar-refractivity contribution in [2.45, 2.75) is 25.6 Å². The summed E-state index contributed by atoms with van der Waals surface area (Å²) >= 11 is 5.91. The second-order valence-electron chi connectivity index (χ2n) is 5.01. The van der Waals surface area contributed by atoms with Gasteiger partial charge in [-0.1, -0.05) is 16.8 Å². The maximum Gasteiger partial charge on any atom is 0.416 e. The Labute approximate surface area is 148 Å². The minimum Gasteiger partial charge on any atom is -0.335 e. The Morgan fingerprint density at radius 2 is 2.04 bits per heavy atom. The number of halogens is 5. The second kappa shape index (κ2) is 8.50. The maximum atomic E-state index is 12.7. The predicted molar refractivity (Wildman–Crippen MR) is 89.2 cm³/mol. The highest BCUT2D eigenvalue weighted by Gasteiger charge is 2.30. The number of benzene rings is 1. The minimum absolute atomic E-state index is 0. The average molecular weight is 382 g/mol. The van der Waals surface area contributed by atoms with Gasteiger partial charge in [0, 0.05) is 23.6 Å². The maximum absolute atomic E-state index is 12.7. The molecule has 0 aliphatic rings. The molecule has 0 amide bonds. The third-order valence-electron chi connectivity index (χ3n) is 3.19. The Hall–Kier alpha value is -1.57. The van der Waals surface area contributed by atoms with Gasteiger partial charge in [-0.2, -0.15) is 18.2 Å². The molecule has 132 valence electrons. The van der Waals surface area contributed by atoms with Crippen molar-refractivity contribution in [3.05, 3.63) is 46.1 Å². The number of alkyl halides is 3. The molecule has 2 rings (SSSR count). The molecule has 0 bridgehead atoms. The molecule has 4 nitrogen and oxygen atoms in total. The van der Waals surface area contributed by atoms with Crippen LogP contribution in [0.1, 0.15) is 29.8 Å². The fourth-order valence-corrected chi connectivity index (χ4v) is 1.98. The summed E-state index contributed by atoms with van der Waals surface area (Å²) in [5, 5.41) is 7.06. The first-order chi connectivity index (χ1) is 10.8. The van der Waals surface area contributed by atoms with Gasteiger partial charge >= 0.3 is 6.18 Å². The van der Waals surface area contributed by atoms with E-state index in [1.807, 2.05) is 14.0 Å². The van der Waals surface area contributed by atoms with E-state index in [0.29, 0.717) is 12.2 Å². The van der Waals surface area contributed by atoms with Crippen molar-refractivity contribution >= 4 is 36.2 Å². The van der Waals surface area contributed by atoms with Crippen LogP contribution in [0.15, 0.2) is 22.7 Å². The number of hydrogen-bond donors (Lipinski definition) is 1. The van der Waals surface area contributed by atoms with Gasteiger partial charge in [-0.25, -0.2) is 0 Å². The van der Waals surface area contributed by atoms with E-state index in [2.05, 4.69) is 15.5 Å². The molecule has 0 aliphatic carbocycles. The van der Waals surface area contributed by atoms with E-state index in [1.54, 1.807) is 0 Å². The largest absolute Gasteiger partial charge is 0.416 e. The Balaban J connectivity index is 0.00000288. The molecule has 1 aromatic carbocycles. The van der Waals surface area contributed by atoms with Gasteiger partial charge in [0.15, 0.2) is 5.82 Å². The van der Waals surface area contributed by atoms with Crippen LogP contribution >= 0.6 is 24.0 Å². The Kier molecular flexibility index (Phi) is 7.26. The summed E-state index contributed by atoms with van der Waals surface area (Å²) in [7, 11) is 1.82. The van der Waals surface area contributed by atoms with Crippen LogP contribution in [0, 0.1) is 0 Å². The lowest BCUT2D eigenvalue weighted by molar-refractivity contribution is -0.137. The van der Waals surface area contributed by atoms with Crippen molar-refractivity contribution in [3.63, 3.8) is 0 Å². The van der Waals surface area contributed by atoms with Gasteiger partial charge in [-0.3, -0.25) is 0 Å². The molecule has 0 aliphatic heterocycles. The molecule has 1 atom stereocenters. The number of aromatic nitrogens is 2. The molecular formula is C15H16Cl2F3N3O. The smallest absolute Gasteiger partial charge is 0.335 e. The SMILES string of the molecule is CNC(C)Cc1noc(/C=C/c2cc(C(F)(F)F)ccc2Cl)n1.Cl. The Bertz CT molecular complexity index is 702. The van der Waals surface area contributed by atoms with Gasteiger partial charge < -0.3 is 9.84 Å². The number of nitrogens with one attached hydrogen (secondary N) is 1. The molecule has 0 spiro atoms. The third kappa shape index (κ3) is 5.51. The van der Waals surface area contributed by atoms with Crippen molar-refractivity contribution in [3.8, 4) is 0 Å². The van der Waals surface area contributed by atoms with E-state index < -0.39 is 11.7 Å². The normalized spacial score (nSPS) is 13.1. The lowest BCUT2D eigenvalue weighted by Crippen LogP contribution is -2.24. The van der Waals surface area contributed by atoms with Crippen LogP contribution in [-0.2, 0) is 12.6 Å². The van der Waals surface area contributed by atoms with Crippen LogP contribution in [0.2, 0.25) is 5.02 Å². The molecule has 0 radical (unpaired) electrons. The van der Waals surface area contributed by atoms with Crippen molar-refractivity contribution in [2.24, 2.45) is 0 Å². The lowest BCUT2D eigenvalue weighted by Gasteiger charge is -2.08. The van der Waals surface area contributed by atoms with E-state index in [-0.39, 0.29) is 34.9 Å². The van der Waals surface area contributed by atoms with E-state index in [1.165, 1.54) is 18.2 Å². The Morgan fingerprint density at radius 1 is 1.33 bits per heavy atom. The minimum atomic E-state index is -4.42. The van der Waals surface area contributed by atoms with Gasteiger partial charge in [0.2, 0.25) is 0 Å². The summed E-state index contributed by atoms with van der Waals surface area (Å²) in [6, 6.07) is 3.29. The number of rotatable bonds is 5. The zero-order chi connectivity index (χ0) is 17.0. The molecule has 2 aromatic rings. The molecule has 1 unspecified atom stereocenters. The average Bonchev–Trinajstić information content (AvgIpc) is 2.92. The quantitative estimate of drug-likeness (QED) is 0.828. The van der Waals surface area contributed by atoms with Crippen molar-refractivity contribution in [2.75, 3.05) is 7.05 Å². The summed E-state index contributed by atoms with van der Waals surface area (Å²) in [5.41, 5.74) is -0.541. The monoisotopic (exact) mass is 381 g/mol. The van der Waals surface area contributed by atoms with Crippen LogP contribution in [0.4, 0.5) is 13.2 Å². The fraction of sp³-hybridized carbons (Fsp3) is 0.333. The first-order valence-corrected chi connectivity index (χ1v) is 7.22. The first kappa shape index (κ1) is 20.5. The van der Waals surface area contributed by atoms with Crippen LogP contribution in [0.5, 0.6) is 0 Å². The summed E-state index contributed by atoms with van der Waals surface area (Å²) in [5.74, 6) is 0.721. The van der Waals surface area contributed by atoms with Crippen molar-refractivity contribution in [1.29, 1.82) is 0 Å². The topological polar surface area (TPSA) is 51.0 Å². The summed E-state index contributed by atoms with van der Waals surface area (Å²) in [4.78, 5) is 4.14. The van der Waals surface area contributed by atoms with E-state index in [0.717, 1.165) is 12.1 Å². The highest BCUT2D eigenvalue weighted by molar-refractivity contribution is 6.32. The van der Waals surface area contributed by atoms with Crippen molar-refractivity contribution in [1.82, 2.24) is 15.5 Å². The highest BCUT2D eigenvalue weighted by atomic mass is 35.5. The molecule has 24 heavy (non-hydrogen) atoms. The first-order valence-electron chi connectivity index (χ1n) is 6.84. The van der Waals surface area contributed by atoms with E-state index in [9.17, 15) is 13.2 Å². The van der Waals surface area contributed by atoms with Gasteiger partial charge in [0.1, 0.15) is 0 Å². The molecule has 1 heterocycles. The Morgan fingerprint density at radius 3 is 2.67 bits per heavy atom. The molecule has 9 heteroatoms. The summed E-state index contributed by atoms with van der Waals surface area (Å²) < 4.78 is 43.1. The van der Waals surface area contributed by atoms with Gasteiger partial charge in [-0.05, 0) is 43.8 Å². The fourth-order valence-electron chi connectivity index (χ4n) is 1.80. The summed E-state index contributed by atoms with van der Waals surface area (Å²) in [6.07, 6.45) is -0.995. The predicted octanol–water partition coefficient (Wildman–Crippen LogP) is 4.48. The molecule has 1 N–H and O–H groups in total. The van der Waals surface area contributed by atoms with Gasteiger partial charge in [-0.15, -0.1) is 12.4 Å². The number of hydrogen-bond acceptors (Lipinski definition) is 4. The molecule has 0 saturated carbocycles. The number of nitrogens with zero attached hydrogens (tertiary/aromatic N) is 2. The number of likely N-dealkylation sites (N-methyl/N-ethyl adjacent to an activating group) is 1.